The Labute approximate surface area is 220 Å². The number of hydrogen-bond donors (Lipinski definition) is 3. The number of anilines is 1. The summed E-state index contributed by atoms with van der Waals surface area (Å²) in [5.74, 6) is -0.544. The fourth-order valence-corrected chi connectivity index (χ4v) is 4.40. The number of nitrogens with zero attached hydrogens (tertiary/aromatic N) is 7. The summed E-state index contributed by atoms with van der Waals surface area (Å²) in [5.41, 5.74) is -2.08. The van der Waals surface area contributed by atoms with Crippen molar-refractivity contribution in [2.24, 2.45) is 0 Å². The second-order valence-electron chi connectivity index (χ2n) is 8.26. The monoisotopic (exact) mass is 546 g/mol. The first-order valence-corrected chi connectivity index (χ1v) is 12.3. The molecule has 200 valence electrons. The first-order chi connectivity index (χ1) is 18.0. The average molecular weight is 546 g/mol. The molecule has 0 aliphatic heterocycles. The highest BCUT2D eigenvalue weighted by Gasteiger charge is 2.33. The molecular weight excluding hydrogens is 522 g/mol. The maximum Gasteiger partial charge on any atom is 0.271 e. The highest BCUT2D eigenvalue weighted by molar-refractivity contribution is 7.93. The van der Waals surface area contributed by atoms with Crippen molar-refractivity contribution in [3.63, 3.8) is 0 Å². The molecule has 4 aromatic rings. The SMILES string of the molecule is BC(O)(O)c1ccc(-c2nnc(N[S+]([O-])C(C)C(C)c3ncc(F)cn3)n2-c2c(OC)ncnc2OC)o1. The summed E-state index contributed by atoms with van der Waals surface area (Å²) < 4.78 is 47.3. The minimum Gasteiger partial charge on any atom is -0.593 e. The van der Waals surface area contributed by atoms with Crippen LogP contribution in [0.2, 0.25) is 0 Å². The largest absolute Gasteiger partial charge is 0.593 e. The van der Waals surface area contributed by atoms with Gasteiger partial charge in [0, 0.05) is 0 Å². The summed E-state index contributed by atoms with van der Waals surface area (Å²) in [6.45, 7) is 3.47. The lowest BCUT2D eigenvalue weighted by Crippen LogP contribution is -2.31. The molecule has 4 rings (SSSR count). The number of aliphatic hydroxyl groups is 2. The normalized spacial score (nSPS) is 14.1. The zero-order chi connectivity index (χ0) is 27.6. The van der Waals surface area contributed by atoms with Gasteiger partial charge >= 0.3 is 0 Å². The molecule has 0 aromatic carbocycles. The van der Waals surface area contributed by atoms with E-state index >= 15 is 0 Å². The number of furan rings is 1. The number of hydrogen-bond acceptors (Lipinski definition) is 13. The first-order valence-electron chi connectivity index (χ1n) is 11.1. The van der Waals surface area contributed by atoms with Crippen molar-refractivity contribution in [1.29, 1.82) is 0 Å². The summed E-state index contributed by atoms with van der Waals surface area (Å²) in [7, 11) is 3.92. The topological polar surface area (TPSA) is 189 Å². The van der Waals surface area contributed by atoms with Crippen LogP contribution in [0.15, 0.2) is 35.3 Å². The molecule has 4 heterocycles. The van der Waals surface area contributed by atoms with Crippen molar-refractivity contribution >= 4 is 25.2 Å². The van der Waals surface area contributed by atoms with E-state index in [1.807, 2.05) is 0 Å². The van der Waals surface area contributed by atoms with Crippen LogP contribution in [0.1, 0.15) is 31.4 Å². The van der Waals surface area contributed by atoms with Crippen molar-refractivity contribution < 1.29 is 33.0 Å². The molecular formula is C21H24BFN8O6S. The molecule has 0 aliphatic rings. The maximum absolute atomic E-state index is 13.4. The molecule has 17 heteroatoms. The molecule has 0 aliphatic carbocycles. The zero-order valence-corrected chi connectivity index (χ0v) is 21.8. The maximum atomic E-state index is 13.4. The molecule has 0 fully saturated rings. The summed E-state index contributed by atoms with van der Waals surface area (Å²) in [4.78, 5) is 16.2. The van der Waals surface area contributed by atoms with Gasteiger partial charge in [0.2, 0.25) is 17.6 Å². The lowest BCUT2D eigenvalue weighted by atomic mass is 9.93. The van der Waals surface area contributed by atoms with Gasteiger partial charge in [-0.2, -0.15) is 14.7 Å². The van der Waals surface area contributed by atoms with Crippen molar-refractivity contribution in [2.45, 2.75) is 30.7 Å². The molecule has 3 N–H and O–H groups in total. The second-order valence-corrected chi connectivity index (χ2v) is 9.80. The van der Waals surface area contributed by atoms with Crippen molar-refractivity contribution in [2.75, 3.05) is 18.9 Å². The van der Waals surface area contributed by atoms with E-state index in [1.165, 1.54) is 37.2 Å². The number of halogens is 1. The Morgan fingerprint density at radius 3 is 2.29 bits per heavy atom. The van der Waals surface area contributed by atoms with Gasteiger partial charge in [-0.05, 0) is 19.1 Å². The molecule has 14 nitrogen and oxygen atoms in total. The Bertz CT molecular complexity index is 1380. The van der Waals surface area contributed by atoms with Crippen LogP contribution < -0.4 is 14.2 Å². The van der Waals surface area contributed by atoms with E-state index in [-0.39, 0.29) is 40.7 Å². The van der Waals surface area contributed by atoms with E-state index < -0.39 is 34.0 Å². The number of rotatable bonds is 10. The lowest BCUT2D eigenvalue weighted by molar-refractivity contribution is -0.105. The third kappa shape index (κ3) is 5.40. The Kier molecular flexibility index (Phi) is 7.82. The zero-order valence-electron chi connectivity index (χ0n) is 21.0. The Morgan fingerprint density at radius 1 is 1.11 bits per heavy atom. The van der Waals surface area contributed by atoms with Gasteiger partial charge in [0.1, 0.15) is 17.4 Å². The standard InChI is InChI=1S/C21H24BFN8O6S/c1-10(16-24-7-12(23)8-25-16)11(2)38(34)30-20-29-28-17(13-5-6-14(37-13)21(22,32)33)31(20)15-18(35-3)26-9-27-19(15)36-4/h5-11,32-33H,22H2,1-4H3,(H,29,30). The van der Waals surface area contributed by atoms with Gasteiger partial charge < -0.3 is 28.7 Å². The summed E-state index contributed by atoms with van der Waals surface area (Å²) in [5, 5.41) is 27.6. The van der Waals surface area contributed by atoms with Crippen LogP contribution in [0.25, 0.3) is 17.3 Å². The smallest absolute Gasteiger partial charge is 0.271 e. The van der Waals surface area contributed by atoms with Gasteiger partial charge in [0.25, 0.3) is 5.95 Å². The van der Waals surface area contributed by atoms with Crippen LogP contribution in [0.3, 0.4) is 0 Å². The van der Waals surface area contributed by atoms with Crippen molar-refractivity contribution in [1.82, 2.24) is 34.7 Å². The van der Waals surface area contributed by atoms with Crippen LogP contribution in [0.4, 0.5) is 10.3 Å². The summed E-state index contributed by atoms with van der Waals surface area (Å²) in [6, 6.07) is 2.82. The Hall–Kier alpha value is -3.80. The fraction of sp³-hybridized carbons (Fsp3) is 0.333. The summed E-state index contributed by atoms with van der Waals surface area (Å²) in [6.07, 6.45) is 3.32. The van der Waals surface area contributed by atoms with E-state index in [2.05, 4.69) is 34.9 Å². The summed E-state index contributed by atoms with van der Waals surface area (Å²) >= 11 is -1.78. The molecule has 0 radical (unpaired) electrons. The molecule has 4 aromatic heterocycles. The number of ether oxygens (including phenoxy) is 2. The highest BCUT2D eigenvalue weighted by atomic mass is 32.2. The van der Waals surface area contributed by atoms with Crippen LogP contribution in [0, 0.1) is 5.82 Å². The van der Waals surface area contributed by atoms with Crippen LogP contribution in [0.5, 0.6) is 11.8 Å². The van der Waals surface area contributed by atoms with Gasteiger partial charge in [0.15, 0.2) is 36.6 Å². The second kappa shape index (κ2) is 10.9. The van der Waals surface area contributed by atoms with Crippen molar-refractivity contribution in [3.05, 3.63) is 48.3 Å². The molecule has 3 unspecified atom stereocenters. The number of nitrogens with one attached hydrogen (secondary N) is 1. The molecule has 0 amide bonds. The third-order valence-electron chi connectivity index (χ3n) is 5.60. The van der Waals surface area contributed by atoms with Gasteiger partial charge in [-0.3, -0.25) is 0 Å². The van der Waals surface area contributed by atoms with E-state index in [1.54, 1.807) is 13.8 Å². The molecule has 38 heavy (non-hydrogen) atoms. The van der Waals surface area contributed by atoms with Crippen molar-refractivity contribution in [3.8, 4) is 29.0 Å². The molecule has 0 saturated carbocycles. The molecule has 0 saturated heterocycles. The average Bonchev–Trinajstić information content (AvgIpc) is 3.55. The molecule has 0 bridgehead atoms. The number of aromatic nitrogens is 7. The van der Waals surface area contributed by atoms with E-state index in [9.17, 15) is 19.2 Å². The predicted octanol–water partition coefficient (Wildman–Crippen LogP) is 0.259. The molecule has 3 atom stereocenters. The van der Waals surface area contributed by atoms with Gasteiger partial charge in [-0.15, -0.1) is 10.2 Å². The Morgan fingerprint density at radius 2 is 1.74 bits per heavy atom. The Balaban J connectivity index is 1.78. The van der Waals surface area contributed by atoms with Crippen LogP contribution in [-0.2, 0) is 17.0 Å². The quantitative estimate of drug-likeness (QED) is 0.140. The number of methoxy groups -OCH3 is 2. The highest BCUT2D eigenvalue weighted by Crippen LogP contribution is 2.36. The van der Waals surface area contributed by atoms with Gasteiger partial charge in [0.05, 0.1) is 43.9 Å². The first kappa shape index (κ1) is 27.2. The predicted molar refractivity (Wildman–Crippen MR) is 134 cm³/mol. The van der Waals surface area contributed by atoms with Gasteiger partial charge in [-0.1, -0.05) is 6.92 Å². The van der Waals surface area contributed by atoms with Crippen LogP contribution >= 0.6 is 0 Å². The molecule has 0 spiro atoms. The van der Waals surface area contributed by atoms with Crippen LogP contribution in [-0.4, -0.2) is 76.8 Å². The lowest BCUT2D eigenvalue weighted by Gasteiger charge is -2.22. The minimum atomic E-state index is -2.25. The minimum absolute atomic E-state index is 0.0162. The van der Waals surface area contributed by atoms with Gasteiger partial charge in [-0.25, -0.2) is 18.9 Å². The van der Waals surface area contributed by atoms with E-state index in [0.717, 1.165) is 20.2 Å². The third-order valence-corrected chi connectivity index (χ3v) is 7.07. The van der Waals surface area contributed by atoms with E-state index in [4.69, 9.17) is 13.9 Å². The van der Waals surface area contributed by atoms with E-state index in [0.29, 0.717) is 5.82 Å². The fourth-order valence-electron chi connectivity index (χ4n) is 3.41.